The number of nitrogens with zero attached hydrogens (tertiary/aromatic N) is 2. The van der Waals surface area contributed by atoms with Gasteiger partial charge in [-0.25, -0.2) is 0 Å². The van der Waals surface area contributed by atoms with E-state index in [2.05, 4.69) is 5.32 Å². The van der Waals surface area contributed by atoms with Gasteiger partial charge in [0.2, 0.25) is 11.8 Å². The number of likely N-dealkylation sites (tertiary alicyclic amines) is 1. The summed E-state index contributed by atoms with van der Waals surface area (Å²) >= 11 is 0. The van der Waals surface area contributed by atoms with Gasteiger partial charge >= 0.3 is 0 Å². The summed E-state index contributed by atoms with van der Waals surface area (Å²) in [6.07, 6.45) is 3.89. The van der Waals surface area contributed by atoms with E-state index >= 15 is 0 Å². The maximum atomic E-state index is 12.5. The topological polar surface area (TPSA) is 52.7 Å². The highest BCUT2D eigenvalue weighted by atomic mass is 16.2. The third-order valence-corrected chi connectivity index (χ3v) is 4.40. The SMILES string of the molecule is CN(CC(=O)N1CCCC1)C(=O)C1(C)CCNCC1. The van der Waals surface area contributed by atoms with Gasteiger partial charge in [0, 0.05) is 25.6 Å². The lowest BCUT2D eigenvalue weighted by molar-refractivity contribution is -0.146. The summed E-state index contributed by atoms with van der Waals surface area (Å²) in [5.74, 6) is 0.201. The van der Waals surface area contributed by atoms with Crippen LogP contribution in [0, 0.1) is 5.41 Å². The van der Waals surface area contributed by atoms with Crippen LogP contribution >= 0.6 is 0 Å². The molecule has 1 N–H and O–H groups in total. The Morgan fingerprint density at radius 3 is 2.37 bits per heavy atom. The Labute approximate surface area is 115 Å². The Morgan fingerprint density at radius 2 is 1.79 bits per heavy atom. The first kappa shape index (κ1) is 14.3. The molecule has 0 aromatic heterocycles. The van der Waals surface area contributed by atoms with Gasteiger partial charge in [0.05, 0.1) is 6.54 Å². The number of likely N-dealkylation sites (N-methyl/N-ethyl adjacent to an activating group) is 1. The zero-order chi connectivity index (χ0) is 13.9. The summed E-state index contributed by atoms with van der Waals surface area (Å²) in [6, 6.07) is 0. The van der Waals surface area contributed by atoms with Crippen LogP contribution in [0.5, 0.6) is 0 Å². The predicted octanol–water partition coefficient (Wildman–Crippen LogP) is 0.457. The average Bonchev–Trinajstić information content (AvgIpc) is 2.92. The number of hydrogen-bond acceptors (Lipinski definition) is 3. The highest BCUT2D eigenvalue weighted by Crippen LogP contribution is 2.29. The van der Waals surface area contributed by atoms with Crippen molar-refractivity contribution in [3.63, 3.8) is 0 Å². The summed E-state index contributed by atoms with van der Waals surface area (Å²) in [7, 11) is 1.75. The normalized spacial score (nSPS) is 22.3. The zero-order valence-electron chi connectivity index (χ0n) is 12.1. The average molecular weight is 267 g/mol. The Hall–Kier alpha value is -1.10. The van der Waals surface area contributed by atoms with Gasteiger partial charge in [-0.1, -0.05) is 6.92 Å². The smallest absolute Gasteiger partial charge is 0.242 e. The Balaban J connectivity index is 1.89. The molecule has 0 atom stereocenters. The van der Waals surface area contributed by atoms with Gasteiger partial charge in [-0.3, -0.25) is 9.59 Å². The molecule has 2 aliphatic rings. The number of piperidine rings is 1. The predicted molar refractivity (Wildman–Crippen MR) is 73.7 cm³/mol. The molecular weight excluding hydrogens is 242 g/mol. The van der Waals surface area contributed by atoms with Crippen LogP contribution in [0.4, 0.5) is 0 Å². The molecule has 0 spiro atoms. The van der Waals surface area contributed by atoms with Gasteiger partial charge < -0.3 is 15.1 Å². The molecule has 0 bridgehead atoms. The molecule has 0 radical (unpaired) electrons. The molecule has 0 aromatic rings. The Bertz CT molecular complexity index is 345. The van der Waals surface area contributed by atoms with Crippen LogP contribution in [0.1, 0.15) is 32.6 Å². The molecule has 2 fully saturated rings. The van der Waals surface area contributed by atoms with Crippen molar-refractivity contribution in [2.45, 2.75) is 32.6 Å². The minimum absolute atomic E-state index is 0.0888. The standard InChI is InChI=1S/C14H25N3O2/c1-14(5-7-15-8-6-14)13(19)16(2)11-12(18)17-9-3-4-10-17/h15H,3-11H2,1-2H3. The molecule has 2 amide bonds. The number of hydrogen-bond donors (Lipinski definition) is 1. The summed E-state index contributed by atoms with van der Waals surface area (Å²) < 4.78 is 0. The van der Waals surface area contributed by atoms with Gasteiger partial charge in [-0.2, -0.15) is 0 Å². The summed E-state index contributed by atoms with van der Waals surface area (Å²) in [6.45, 7) is 5.71. The molecule has 2 rings (SSSR count). The van der Waals surface area contributed by atoms with Gasteiger partial charge in [0.1, 0.15) is 0 Å². The molecule has 108 valence electrons. The van der Waals surface area contributed by atoms with Crippen molar-refractivity contribution in [2.75, 3.05) is 39.8 Å². The number of rotatable bonds is 3. The first-order chi connectivity index (χ1) is 9.03. The van der Waals surface area contributed by atoms with Crippen molar-refractivity contribution in [3.8, 4) is 0 Å². The minimum atomic E-state index is -0.300. The van der Waals surface area contributed by atoms with Crippen LogP contribution in [-0.4, -0.2) is 61.4 Å². The van der Waals surface area contributed by atoms with Crippen molar-refractivity contribution < 1.29 is 9.59 Å². The monoisotopic (exact) mass is 267 g/mol. The first-order valence-corrected chi connectivity index (χ1v) is 7.27. The van der Waals surface area contributed by atoms with E-state index in [-0.39, 0.29) is 23.8 Å². The fraction of sp³-hybridized carbons (Fsp3) is 0.857. The van der Waals surface area contributed by atoms with Crippen LogP contribution < -0.4 is 5.32 Å². The van der Waals surface area contributed by atoms with Crippen LogP contribution in [-0.2, 0) is 9.59 Å². The number of carbonyl (C=O) groups excluding carboxylic acids is 2. The number of carbonyl (C=O) groups is 2. The molecule has 5 nitrogen and oxygen atoms in total. The number of nitrogens with one attached hydrogen (secondary N) is 1. The first-order valence-electron chi connectivity index (χ1n) is 7.27. The van der Waals surface area contributed by atoms with Crippen molar-refractivity contribution in [1.29, 1.82) is 0 Å². The quantitative estimate of drug-likeness (QED) is 0.808. The molecule has 0 aromatic carbocycles. The number of amides is 2. The third kappa shape index (κ3) is 3.26. The second-order valence-corrected chi connectivity index (χ2v) is 6.06. The van der Waals surface area contributed by atoms with E-state index in [0.29, 0.717) is 0 Å². The highest BCUT2D eigenvalue weighted by Gasteiger charge is 2.37. The van der Waals surface area contributed by atoms with Crippen molar-refractivity contribution in [1.82, 2.24) is 15.1 Å². The van der Waals surface area contributed by atoms with E-state index < -0.39 is 0 Å². The highest BCUT2D eigenvalue weighted by molar-refractivity contribution is 5.87. The van der Waals surface area contributed by atoms with Gasteiger partial charge in [0.15, 0.2) is 0 Å². The fourth-order valence-electron chi connectivity index (χ4n) is 2.99. The Morgan fingerprint density at radius 1 is 1.21 bits per heavy atom. The van der Waals surface area contributed by atoms with Gasteiger partial charge in [-0.05, 0) is 38.8 Å². The van der Waals surface area contributed by atoms with E-state index in [1.54, 1.807) is 11.9 Å². The lowest BCUT2D eigenvalue weighted by atomic mass is 9.80. The largest absolute Gasteiger partial charge is 0.341 e. The van der Waals surface area contributed by atoms with Gasteiger partial charge in [0.25, 0.3) is 0 Å². The molecule has 0 unspecified atom stereocenters. The summed E-state index contributed by atoms with van der Waals surface area (Å²) in [4.78, 5) is 28.1. The molecule has 19 heavy (non-hydrogen) atoms. The molecule has 2 heterocycles. The van der Waals surface area contributed by atoms with E-state index in [1.807, 2.05) is 11.8 Å². The maximum Gasteiger partial charge on any atom is 0.242 e. The van der Waals surface area contributed by atoms with Crippen molar-refractivity contribution in [2.24, 2.45) is 5.41 Å². The van der Waals surface area contributed by atoms with E-state index in [9.17, 15) is 9.59 Å². The van der Waals surface area contributed by atoms with E-state index in [4.69, 9.17) is 0 Å². The molecule has 0 saturated carbocycles. The van der Waals surface area contributed by atoms with Crippen molar-refractivity contribution >= 4 is 11.8 Å². The van der Waals surface area contributed by atoms with Gasteiger partial charge in [-0.15, -0.1) is 0 Å². The van der Waals surface area contributed by atoms with Crippen LogP contribution in [0.15, 0.2) is 0 Å². The second-order valence-electron chi connectivity index (χ2n) is 6.06. The van der Waals surface area contributed by atoms with Crippen LogP contribution in [0.2, 0.25) is 0 Å². The fourth-order valence-corrected chi connectivity index (χ4v) is 2.99. The van der Waals surface area contributed by atoms with Crippen LogP contribution in [0.3, 0.4) is 0 Å². The summed E-state index contributed by atoms with van der Waals surface area (Å²) in [5, 5.41) is 3.27. The van der Waals surface area contributed by atoms with Crippen LogP contribution in [0.25, 0.3) is 0 Å². The summed E-state index contributed by atoms with van der Waals surface area (Å²) in [5.41, 5.74) is -0.300. The minimum Gasteiger partial charge on any atom is -0.341 e. The zero-order valence-corrected chi connectivity index (χ0v) is 12.1. The molecule has 2 aliphatic heterocycles. The third-order valence-electron chi connectivity index (χ3n) is 4.40. The lowest BCUT2D eigenvalue weighted by Crippen LogP contribution is -2.49. The lowest BCUT2D eigenvalue weighted by Gasteiger charge is -2.36. The van der Waals surface area contributed by atoms with E-state index in [0.717, 1.165) is 51.9 Å². The second kappa shape index (κ2) is 5.90. The Kier molecular flexibility index (Phi) is 4.45. The molecule has 0 aliphatic carbocycles. The molecule has 2 saturated heterocycles. The maximum absolute atomic E-state index is 12.5. The molecular formula is C14H25N3O2. The van der Waals surface area contributed by atoms with Crippen molar-refractivity contribution in [3.05, 3.63) is 0 Å². The molecule has 5 heteroatoms. The van der Waals surface area contributed by atoms with E-state index in [1.165, 1.54) is 0 Å².